The summed E-state index contributed by atoms with van der Waals surface area (Å²) >= 11 is 0. The molecule has 0 unspecified atom stereocenters. The van der Waals surface area contributed by atoms with Crippen molar-refractivity contribution in [3.63, 3.8) is 0 Å². The normalized spacial score (nSPS) is 25.2. The van der Waals surface area contributed by atoms with Crippen LogP contribution in [-0.4, -0.2) is 428 Å². The number of carboxylic acids is 1. The summed E-state index contributed by atoms with van der Waals surface area (Å²) in [5, 5.41) is 69.9. The molecule has 46 heteroatoms. The Kier molecular flexibility index (Phi) is 52.8. The van der Waals surface area contributed by atoms with E-state index in [1.807, 2.05) is 161 Å². The number of aromatic nitrogens is 7. The number of ether oxygens (including phenoxy) is 8. The number of aliphatic carboxylic acids is 1. The number of H-pyrrole nitrogens is 1. The predicted molar refractivity (Wildman–Crippen MR) is 547 cm³/mol. The Balaban J connectivity index is 0.000000353. The summed E-state index contributed by atoms with van der Waals surface area (Å²) in [5.74, 6) is -7.18. The van der Waals surface area contributed by atoms with E-state index in [-0.39, 0.29) is 139 Å². The summed E-state index contributed by atoms with van der Waals surface area (Å²) in [6.45, 7) is 56.4. The Labute approximate surface area is 882 Å². The first-order valence-corrected chi connectivity index (χ1v) is 52.1. The van der Waals surface area contributed by atoms with Gasteiger partial charge in [-0.25, -0.2) is 49.1 Å². The van der Waals surface area contributed by atoms with Gasteiger partial charge in [-0.05, 0) is 277 Å². The first kappa shape index (κ1) is 135. The monoisotopic (exact) mass is 2160 g/mol. The molecule has 9 saturated heterocycles. The van der Waals surface area contributed by atoms with Gasteiger partial charge in [-0.2, -0.15) is 0 Å². The minimum atomic E-state index is -3.17. The highest BCUT2D eigenvalue weighted by atomic mass is 19.3. The number of likely N-dealkylation sites (tertiary alicyclic amines) is 7. The van der Waals surface area contributed by atoms with Crippen molar-refractivity contribution < 1.29 is 146 Å². The lowest BCUT2D eigenvalue weighted by molar-refractivity contribution is -0.659. The van der Waals surface area contributed by atoms with Gasteiger partial charge in [0.1, 0.15) is 61.9 Å². The van der Waals surface area contributed by atoms with Crippen LogP contribution in [0.5, 0.6) is 0 Å². The molecule has 0 aliphatic carbocycles. The van der Waals surface area contributed by atoms with E-state index >= 15 is 0 Å². The molecule has 0 radical (unpaired) electrons. The van der Waals surface area contributed by atoms with Crippen molar-refractivity contribution >= 4 is 47.7 Å². The van der Waals surface area contributed by atoms with Crippen molar-refractivity contribution in [1.82, 2.24) is 69.8 Å². The van der Waals surface area contributed by atoms with Gasteiger partial charge in [0.05, 0.1) is 160 Å². The maximum Gasteiger partial charge on any atom is 0.320 e. The highest BCUT2D eigenvalue weighted by Crippen LogP contribution is 2.36. The summed E-state index contributed by atoms with van der Waals surface area (Å²) in [5.41, 5.74) is -2.87. The van der Waals surface area contributed by atoms with Crippen LogP contribution >= 0.6 is 0 Å². The lowest BCUT2D eigenvalue weighted by Gasteiger charge is -2.41. The van der Waals surface area contributed by atoms with E-state index < -0.39 is 140 Å². The quantitative estimate of drug-likeness (QED) is 0.0333. The van der Waals surface area contributed by atoms with Crippen LogP contribution in [0.1, 0.15) is 285 Å². The van der Waals surface area contributed by atoms with E-state index in [4.69, 9.17) is 58.3 Å². The molecule has 866 valence electrons. The molecule has 3 aromatic heterocycles. The molecule has 12 rings (SSSR count). The zero-order valence-corrected chi connectivity index (χ0v) is 94.6. The molecule has 37 nitrogen and oxygen atoms in total. The summed E-state index contributed by atoms with van der Waals surface area (Å²) in [6, 6.07) is 5.73. The molecule has 150 heavy (non-hydrogen) atoms. The van der Waals surface area contributed by atoms with E-state index in [2.05, 4.69) is 61.4 Å². The third kappa shape index (κ3) is 49.6. The van der Waals surface area contributed by atoms with Crippen molar-refractivity contribution in [3.05, 3.63) is 47.9 Å². The molecule has 9 aliphatic heterocycles. The molecule has 0 spiro atoms. The van der Waals surface area contributed by atoms with Gasteiger partial charge in [-0.3, -0.25) is 53.1 Å². The van der Waals surface area contributed by atoms with Crippen LogP contribution in [-0.2, 0) is 76.0 Å². The Bertz CT molecular complexity index is 4440. The highest BCUT2D eigenvalue weighted by Gasteiger charge is 2.51. The molecule has 8 N–H and O–H groups in total. The zero-order valence-electron chi connectivity index (χ0n) is 94.6. The molecule has 0 saturated carbocycles. The van der Waals surface area contributed by atoms with Crippen LogP contribution in [0.4, 0.5) is 45.3 Å². The zero-order chi connectivity index (χ0) is 114. The first-order valence-electron chi connectivity index (χ1n) is 52.1. The Hall–Kier alpha value is -7.71. The number of rotatable bonds is 18. The fraction of sp³-hybridized carbons (Fsp3) is 0.846. The number of hydrogen-bond donors (Lipinski definition) is 8. The largest absolute Gasteiger partial charge is 0.480 e. The van der Waals surface area contributed by atoms with Crippen molar-refractivity contribution in [1.29, 1.82) is 0 Å². The number of carbonyl (C=O) groups is 7. The second-order valence-electron chi connectivity index (χ2n) is 48.1. The Morgan fingerprint density at radius 2 is 0.900 bits per heavy atom. The van der Waals surface area contributed by atoms with Crippen molar-refractivity contribution in [2.24, 2.45) is 14.1 Å². The average Bonchev–Trinajstić information content (AvgIpc) is 1.34. The maximum atomic E-state index is 14.3. The van der Waals surface area contributed by atoms with E-state index in [0.717, 1.165) is 55.9 Å². The number of carboxylic acid groups (broad SMARTS) is 1. The molecule has 0 aromatic carbocycles. The third-order valence-corrected chi connectivity index (χ3v) is 24.0. The van der Waals surface area contributed by atoms with E-state index in [1.165, 1.54) is 30.5 Å². The number of aromatic amines is 1. The molecule has 15 atom stereocenters. The fourth-order valence-corrected chi connectivity index (χ4v) is 17.6. The molecular formula is C104H182F9N16O21+. The van der Waals surface area contributed by atoms with E-state index in [1.54, 1.807) is 60.4 Å². The molecule has 9 fully saturated rings. The standard InChI is InChI=1S/C15H24FN2O.2C13H21FN4O2.C12H21F2NO4.C12H22FNO4.C11H21NO3.C10H18FNO2.C9H17F2NO.C9H17NO2/c1-15(2,3)19-13-8-10-18(11-12(13)16)14-7-5-6-9-17(14)4;1-13(2,3)20-11-5-6-18(7-9(11)14)12(19)10-8-17(4)16-15-10;1-8-15-11(17-16-8)12(19)18-6-5-10(9(14)7-18)20-13(2,3)4;1-11(2,3)19-9-4-5-15(7-12(9,13)14)10(18)8(17)6-16;1-12(2,3)18-10-4-5-14(6-8(10)13)11(17)9(16)7-15;1-11(2,3)15-9-4-6-12(7-5-9)10(14)8-13;1-10(2,3)14-9-4-5-12(7-13)6-8(9)11;1-8(2,3)13-7-4-5-12-6-9(7,10)11;1-9(2,3)10-6-4-5-7(10)8(11)12/h5-7,9,12-13H,8,10-11H2,1-4H3;8-9,11H,5-7H2,1-4H3;9-10H,5-7H2,1-4H3,(H,15,16,17);8-9,16-17H,4-7H2,1-3H3;8-10,15-16H,4-7H2,1-3H3;9,13H,4-8H2,1-3H3;7-9H,4-6H2,1-3H3;7,12H,4-6H2,1-3H3;7H,4-6H2,1-3H3,(H,11,12)/q+1;;;;;;;;/t12-,13+;9-,11+;9-,10+;8-,9-;8-,9+,10+;;8-,9+;2*7-/m11101.100/s1. The van der Waals surface area contributed by atoms with Gasteiger partial charge in [0.15, 0.2) is 24.1 Å². The summed E-state index contributed by atoms with van der Waals surface area (Å²) in [7, 11) is 3.67. The SMILES string of the molecule is CC(C)(C)N1CCC[C@H]1C(=O)O.CC(C)(C)OC1CCN(C(=O)CO)CC1.CC(C)(C)O[C@H]1CCN(C(=O)[C@@H](O)CO)CC1(F)F.CC(C)(C)O[C@H]1CCN(C(=O)[C@@H](O)CO)C[C@H]1F.CC(C)(C)O[C@H]1CCN(C=O)C[C@H]1F.CC(C)(C)O[C@H]1CCNCC1(F)F.C[n+]1ccccc1N1CC[C@H](OC(C)(C)C)[C@H](F)C1.Cc1nc(C(=O)N2CC[C@H](OC(C)(C)C)[C@H](F)C2)n[nH]1.Cn1cc(C(=O)N2CC[C@H](OC(C)(C)C)[C@H](F)C2)nn1. The topological polar surface area (TPSA) is 429 Å². The minimum Gasteiger partial charge on any atom is -0.480 e. The number of halogens is 9. The van der Waals surface area contributed by atoms with Gasteiger partial charge in [0, 0.05) is 70.9 Å². The highest BCUT2D eigenvalue weighted by molar-refractivity contribution is 5.92. The number of piperidine rings is 8. The number of anilines is 1. The number of aliphatic hydroxyl groups is 5. The van der Waals surface area contributed by atoms with Crippen LogP contribution in [0.3, 0.4) is 0 Å². The van der Waals surface area contributed by atoms with E-state index in [9.17, 15) is 83.3 Å². The van der Waals surface area contributed by atoms with Crippen LogP contribution in [0.15, 0.2) is 30.6 Å². The van der Waals surface area contributed by atoms with Crippen molar-refractivity contribution in [2.75, 3.05) is 136 Å². The molecule has 6 amide bonds. The Morgan fingerprint density at radius 3 is 1.27 bits per heavy atom. The van der Waals surface area contributed by atoms with Crippen LogP contribution in [0, 0.1) is 6.92 Å². The summed E-state index contributed by atoms with van der Waals surface area (Å²) in [6.07, 6.45) is -1.99. The second kappa shape index (κ2) is 58.9. The fourth-order valence-electron chi connectivity index (χ4n) is 17.6. The molecule has 9 aliphatic rings. The van der Waals surface area contributed by atoms with Gasteiger partial charge in [-0.1, -0.05) is 11.3 Å². The Morgan fingerprint density at radius 1 is 0.493 bits per heavy atom. The second-order valence-corrected chi connectivity index (χ2v) is 48.1. The smallest absolute Gasteiger partial charge is 0.320 e. The van der Waals surface area contributed by atoms with Gasteiger partial charge >= 0.3 is 5.97 Å². The lowest BCUT2D eigenvalue weighted by Crippen LogP contribution is -2.57. The number of carbonyl (C=O) groups excluding carboxylic acids is 6. The van der Waals surface area contributed by atoms with E-state index in [0.29, 0.717) is 96.7 Å². The number of nitrogens with zero attached hydrogens (tertiary/aromatic N) is 14. The van der Waals surface area contributed by atoms with Crippen LogP contribution < -0.4 is 14.8 Å². The number of nitrogens with one attached hydrogen (secondary N) is 2. The number of alkyl halides is 9. The van der Waals surface area contributed by atoms with Crippen LogP contribution in [0.25, 0.3) is 0 Å². The molecule has 3 aromatic rings. The van der Waals surface area contributed by atoms with Gasteiger partial charge in [-0.15, -0.1) is 10.2 Å². The third-order valence-electron chi connectivity index (χ3n) is 24.0. The van der Waals surface area contributed by atoms with Crippen molar-refractivity contribution in [2.45, 2.75) is 425 Å². The van der Waals surface area contributed by atoms with Gasteiger partial charge < -0.3 is 103 Å². The van der Waals surface area contributed by atoms with Gasteiger partial charge in [0.2, 0.25) is 18.1 Å². The van der Waals surface area contributed by atoms with Crippen molar-refractivity contribution in [3.8, 4) is 0 Å². The number of amides is 6. The number of aryl methyl sites for hydroxylation is 3. The number of aliphatic hydroxyl groups excluding tert-OH is 5. The molecule has 0 bridgehead atoms. The lowest BCUT2D eigenvalue weighted by atomic mass is 10.0. The number of pyridine rings is 1. The molecule has 12 heterocycles. The summed E-state index contributed by atoms with van der Waals surface area (Å²) in [4.78, 5) is 96.1. The average molecular weight is 2160 g/mol. The minimum absolute atomic E-state index is 0.00580. The summed E-state index contributed by atoms with van der Waals surface area (Å²) < 4.78 is 172. The predicted octanol–water partition coefficient (Wildman–Crippen LogP) is 10.7. The molecular weight excluding hydrogens is 1980 g/mol. The first-order chi connectivity index (χ1) is 68.8. The number of hydrogen-bond acceptors (Lipinski definition) is 27. The maximum absolute atomic E-state index is 14.3. The van der Waals surface area contributed by atoms with Gasteiger partial charge in [0.25, 0.3) is 41.3 Å². The van der Waals surface area contributed by atoms with Crippen LogP contribution in [0.2, 0.25) is 0 Å².